The van der Waals surface area contributed by atoms with Crippen LogP contribution in [0.3, 0.4) is 0 Å². The van der Waals surface area contributed by atoms with Gasteiger partial charge in [0.2, 0.25) is 15.9 Å². The third kappa shape index (κ3) is 3.68. The number of nitrogens with zero attached hydrogens (tertiary/aromatic N) is 4. The normalized spacial score (nSPS) is 19.6. The van der Waals surface area contributed by atoms with Gasteiger partial charge in [-0.25, -0.2) is 8.42 Å². The maximum Gasteiger partial charge on any atom is 0.246 e. The summed E-state index contributed by atoms with van der Waals surface area (Å²) in [5, 5.41) is 6.74. The van der Waals surface area contributed by atoms with Gasteiger partial charge in [0.25, 0.3) is 0 Å². The maximum absolute atomic E-state index is 13.2. The van der Waals surface area contributed by atoms with E-state index in [4.69, 9.17) is 0 Å². The van der Waals surface area contributed by atoms with Crippen LogP contribution in [0.25, 0.3) is 11.3 Å². The number of rotatable bonds is 4. The molecule has 150 valence electrons. The Balaban J connectivity index is 1.46. The van der Waals surface area contributed by atoms with E-state index in [9.17, 15) is 13.2 Å². The molecule has 1 aliphatic carbocycles. The third-order valence-electron chi connectivity index (χ3n) is 5.70. The van der Waals surface area contributed by atoms with Gasteiger partial charge in [-0.05, 0) is 25.0 Å². The number of pyridine rings is 1. The first-order valence-electron chi connectivity index (χ1n) is 9.80. The lowest BCUT2D eigenvalue weighted by molar-refractivity contribution is -0.137. The van der Waals surface area contributed by atoms with Gasteiger partial charge in [-0.3, -0.25) is 14.9 Å². The summed E-state index contributed by atoms with van der Waals surface area (Å²) in [5.41, 5.74) is 1.18. The number of sulfonamides is 1. The van der Waals surface area contributed by atoms with Crippen LogP contribution in [0.2, 0.25) is 0 Å². The van der Waals surface area contributed by atoms with Crippen LogP contribution in [0, 0.1) is 5.92 Å². The lowest BCUT2D eigenvalue weighted by Crippen LogP contribution is -2.52. The summed E-state index contributed by atoms with van der Waals surface area (Å²) in [6.07, 6.45) is 9.94. The Morgan fingerprint density at radius 2 is 1.71 bits per heavy atom. The van der Waals surface area contributed by atoms with Gasteiger partial charge in [-0.1, -0.05) is 19.3 Å². The molecule has 4 rings (SSSR count). The van der Waals surface area contributed by atoms with Crippen molar-refractivity contribution >= 4 is 15.9 Å². The fourth-order valence-electron chi connectivity index (χ4n) is 4.09. The highest BCUT2D eigenvalue weighted by Crippen LogP contribution is 2.29. The molecule has 1 aliphatic heterocycles. The highest BCUT2D eigenvalue weighted by molar-refractivity contribution is 7.89. The molecule has 0 spiro atoms. The molecule has 9 heteroatoms. The standard InChI is InChI=1S/C19H25N5O3S/c25-19(16-4-2-1-3-5-16)23-10-12-24(13-11-23)28(26,27)17-14-21-22-18(17)15-6-8-20-9-7-15/h6-9,14,16H,1-5,10-13H2,(H,21,22). The number of carbonyl (C=O) groups excluding carboxylic acids is 1. The molecule has 0 aromatic carbocycles. The highest BCUT2D eigenvalue weighted by Gasteiger charge is 2.34. The van der Waals surface area contributed by atoms with Crippen molar-refractivity contribution in [2.24, 2.45) is 5.92 Å². The molecule has 2 aromatic heterocycles. The quantitative estimate of drug-likeness (QED) is 0.840. The summed E-state index contributed by atoms with van der Waals surface area (Å²) in [6.45, 7) is 1.50. The zero-order chi connectivity index (χ0) is 19.6. The van der Waals surface area contributed by atoms with Crippen LogP contribution in [0.1, 0.15) is 32.1 Å². The van der Waals surface area contributed by atoms with Crippen LogP contribution in [-0.4, -0.2) is 64.9 Å². The first kappa shape index (κ1) is 19.1. The van der Waals surface area contributed by atoms with Gasteiger partial charge in [-0.15, -0.1) is 0 Å². The number of piperazine rings is 1. The monoisotopic (exact) mass is 403 g/mol. The van der Waals surface area contributed by atoms with Crippen molar-refractivity contribution in [2.75, 3.05) is 26.2 Å². The second-order valence-corrected chi connectivity index (χ2v) is 9.32. The molecular weight excluding hydrogens is 378 g/mol. The van der Waals surface area contributed by atoms with E-state index >= 15 is 0 Å². The van der Waals surface area contributed by atoms with Crippen LogP contribution in [0.5, 0.6) is 0 Å². The molecule has 2 aliphatic rings. The van der Waals surface area contributed by atoms with Crippen molar-refractivity contribution in [3.63, 3.8) is 0 Å². The van der Waals surface area contributed by atoms with Gasteiger partial charge in [0, 0.05) is 50.1 Å². The first-order chi connectivity index (χ1) is 13.6. The van der Waals surface area contributed by atoms with E-state index in [1.54, 1.807) is 24.5 Å². The predicted octanol–water partition coefficient (Wildman–Crippen LogP) is 1.88. The summed E-state index contributed by atoms with van der Waals surface area (Å²) in [6, 6.07) is 3.49. The molecule has 0 radical (unpaired) electrons. The largest absolute Gasteiger partial charge is 0.340 e. The third-order valence-corrected chi connectivity index (χ3v) is 7.61. The van der Waals surface area contributed by atoms with Crippen LogP contribution >= 0.6 is 0 Å². The number of aromatic amines is 1. The van der Waals surface area contributed by atoms with E-state index in [0.29, 0.717) is 31.9 Å². The van der Waals surface area contributed by atoms with Crippen molar-refractivity contribution in [3.05, 3.63) is 30.7 Å². The zero-order valence-corrected chi connectivity index (χ0v) is 16.6. The second kappa shape index (κ2) is 8.00. The average Bonchev–Trinajstić information content (AvgIpc) is 3.25. The molecule has 1 saturated heterocycles. The molecule has 8 nitrogen and oxygen atoms in total. The topological polar surface area (TPSA) is 99.3 Å². The first-order valence-corrected chi connectivity index (χ1v) is 11.2. The van der Waals surface area contributed by atoms with E-state index in [0.717, 1.165) is 31.2 Å². The van der Waals surface area contributed by atoms with Crippen molar-refractivity contribution in [3.8, 4) is 11.3 Å². The van der Waals surface area contributed by atoms with Gasteiger partial charge in [0.15, 0.2) is 0 Å². The van der Waals surface area contributed by atoms with E-state index in [1.165, 1.54) is 16.9 Å². The molecule has 0 unspecified atom stereocenters. The molecule has 2 aromatic rings. The molecule has 1 saturated carbocycles. The minimum atomic E-state index is -3.69. The summed E-state index contributed by atoms with van der Waals surface area (Å²) in [4.78, 5) is 18.7. The fourth-order valence-corrected chi connectivity index (χ4v) is 5.62. The summed E-state index contributed by atoms with van der Waals surface area (Å²) in [7, 11) is -3.69. The van der Waals surface area contributed by atoms with E-state index in [-0.39, 0.29) is 16.7 Å². The molecule has 0 atom stereocenters. The number of aromatic nitrogens is 3. The molecule has 1 N–H and O–H groups in total. The summed E-state index contributed by atoms with van der Waals surface area (Å²) >= 11 is 0. The van der Waals surface area contributed by atoms with Gasteiger partial charge in [0.05, 0.1) is 11.9 Å². The number of amides is 1. The molecular formula is C19H25N5O3S. The molecule has 3 heterocycles. The van der Waals surface area contributed by atoms with Crippen LogP contribution in [-0.2, 0) is 14.8 Å². The van der Waals surface area contributed by atoms with Crippen LogP contribution < -0.4 is 0 Å². The number of H-pyrrole nitrogens is 1. The molecule has 0 bridgehead atoms. The second-order valence-electron chi connectivity index (χ2n) is 7.41. The number of carbonyl (C=O) groups is 1. The lowest BCUT2D eigenvalue weighted by Gasteiger charge is -2.36. The van der Waals surface area contributed by atoms with Crippen molar-refractivity contribution in [2.45, 2.75) is 37.0 Å². The van der Waals surface area contributed by atoms with Crippen molar-refractivity contribution < 1.29 is 13.2 Å². The Morgan fingerprint density at radius 1 is 1.04 bits per heavy atom. The van der Waals surface area contributed by atoms with Gasteiger partial charge in [0.1, 0.15) is 4.90 Å². The molecule has 2 fully saturated rings. The maximum atomic E-state index is 13.2. The van der Waals surface area contributed by atoms with Crippen LogP contribution in [0.4, 0.5) is 0 Å². The highest BCUT2D eigenvalue weighted by atomic mass is 32.2. The smallest absolute Gasteiger partial charge is 0.246 e. The lowest BCUT2D eigenvalue weighted by atomic mass is 9.88. The van der Waals surface area contributed by atoms with Gasteiger partial charge in [-0.2, -0.15) is 9.40 Å². The van der Waals surface area contributed by atoms with E-state index in [1.807, 2.05) is 4.90 Å². The molecule has 28 heavy (non-hydrogen) atoms. The van der Waals surface area contributed by atoms with Crippen molar-refractivity contribution in [1.82, 2.24) is 24.4 Å². The van der Waals surface area contributed by atoms with E-state index < -0.39 is 10.0 Å². The number of nitrogens with one attached hydrogen (secondary N) is 1. The number of hydrogen-bond donors (Lipinski definition) is 1. The van der Waals surface area contributed by atoms with Gasteiger partial charge >= 0.3 is 0 Å². The Bertz CT molecular complexity index is 914. The minimum absolute atomic E-state index is 0.115. The Labute approximate surface area is 165 Å². The Hall–Kier alpha value is -2.26. The van der Waals surface area contributed by atoms with Crippen molar-refractivity contribution in [1.29, 1.82) is 0 Å². The number of hydrogen-bond acceptors (Lipinski definition) is 5. The van der Waals surface area contributed by atoms with Gasteiger partial charge < -0.3 is 4.90 Å². The summed E-state index contributed by atoms with van der Waals surface area (Å²) < 4.78 is 27.8. The summed E-state index contributed by atoms with van der Waals surface area (Å²) in [5.74, 6) is 0.307. The van der Waals surface area contributed by atoms with E-state index in [2.05, 4.69) is 15.2 Å². The minimum Gasteiger partial charge on any atom is -0.340 e. The Morgan fingerprint density at radius 3 is 2.39 bits per heavy atom. The SMILES string of the molecule is O=C(C1CCCCC1)N1CCN(S(=O)(=O)c2cn[nH]c2-c2ccncc2)CC1. The molecule has 1 amide bonds. The average molecular weight is 404 g/mol. The Kier molecular flexibility index (Phi) is 5.45. The zero-order valence-electron chi connectivity index (χ0n) is 15.7. The predicted molar refractivity (Wildman–Crippen MR) is 104 cm³/mol. The van der Waals surface area contributed by atoms with Crippen LogP contribution in [0.15, 0.2) is 35.6 Å². The fraction of sp³-hybridized carbons (Fsp3) is 0.526.